The van der Waals surface area contributed by atoms with Gasteiger partial charge in [0.25, 0.3) is 0 Å². The number of carbonyl (C=O) groups is 2. The molecular formula is C17H30O5. The lowest BCUT2D eigenvalue weighted by atomic mass is 9.78. The van der Waals surface area contributed by atoms with E-state index in [1.54, 1.807) is 6.92 Å². The molecule has 5 nitrogen and oxygen atoms in total. The topological polar surface area (TPSA) is 61.8 Å². The maximum absolute atomic E-state index is 12.5. The summed E-state index contributed by atoms with van der Waals surface area (Å²) in [6.45, 7) is 12.0. The number of ether oxygens (including phenoxy) is 3. The van der Waals surface area contributed by atoms with Crippen molar-refractivity contribution in [2.45, 2.75) is 67.1 Å². The third-order valence-corrected chi connectivity index (χ3v) is 4.63. The number of rotatable bonds is 9. The first-order valence-electron chi connectivity index (χ1n) is 8.09. The Morgan fingerprint density at radius 3 is 2.36 bits per heavy atom. The molecule has 0 N–H and O–H groups in total. The van der Waals surface area contributed by atoms with Gasteiger partial charge in [-0.25, -0.2) is 0 Å². The minimum absolute atomic E-state index is 0.128. The highest BCUT2D eigenvalue weighted by atomic mass is 16.7. The summed E-state index contributed by atoms with van der Waals surface area (Å²) in [6, 6.07) is 0. The minimum atomic E-state index is -0.627. The van der Waals surface area contributed by atoms with Crippen LogP contribution in [0.15, 0.2) is 0 Å². The molecule has 1 aliphatic carbocycles. The van der Waals surface area contributed by atoms with Crippen LogP contribution in [0.3, 0.4) is 0 Å². The lowest BCUT2D eigenvalue weighted by molar-refractivity contribution is -0.186. The van der Waals surface area contributed by atoms with Crippen molar-refractivity contribution in [3.05, 3.63) is 0 Å². The molecule has 0 heterocycles. The molecule has 5 heteroatoms. The Morgan fingerprint density at radius 1 is 1.32 bits per heavy atom. The van der Waals surface area contributed by atoms with Crippen LogP contribution in [0.5, 0.6) is 0 Å². The first kappa shape index (κ1) is 18.9. The van der Waals surface area contributed by atoms with Crippen molar-refractivity contribution in [1.82, 2.24) is 0 Å². The van der Waals surface area contributed by atoms with E-state index in [4.69, 9.17) is 14.2 Å². The van der Waals surface area contributed by atoms with E-state index in [9.17, 15) is 9.59 Å². The van der Waals surface area contributed by atoms with Crippen molar-refractivity contribution >= 4 is 11.9 Å². The van der Waals surface area contributed by atoms with E-state index in [1.165, 1.54) is 6.92 Å². The summed E-state index contributed by atoms with van der Waals surface area (Å²) >= 11 is 0. The maximum Gasteiger partial charge on any atom is 0.314 e. The molecule has 1 fully saturated rings. The van der Waals surface area contributed by atoms with Crippen LogP contribution >= 0.6 is 0 Å². The normalized spacial score (nSPS) is 25.5. The molecule has 1 saturated carbocycles. The van der Waals surface area contributed by atoms with Crippen molar-refractivity contribution in [2.24, 2.45) is 16.7 Å². The van der Waals surface area contributed by atoms with Crippen molar-refractivity contribution in [3.63, 3.8) is 0 Å². The zero-order chi connectivity index (χ0) is 17.0. The summed E-state index contributed by atoms with van der Waals surface area (Å²) in [5, 5.41) is 0. The van der Waals surface area contributed by atoms with Gasteiger partial charge < -0.3 is 14.2 Å². The number of hydrogen-bond donors (Lipinski definition) is 0. The Labute approximate surface area is 133 Å². The van der Waals surface area contributed by atoms with E-state index in [1.807, 2.05) is 0 Å². The second kappa shape index (κ2) is 7.44. The highest BCUT2D eigenvalue weighted by Gasteiger charge is 2.60. The molecule has 3 unspecified atom stereocenters. The van der Waals surface area contributed by atoms with Crippen LogP contribution in [0, 0.1) is 16.7 Å². The van der Waals surface area contributed by atoms with Crippen molar-refractivity contribution in [3.8, 4) is 0 Å². The van der Waals surface area contributed by atoms with Gasteiger partial charge >= 0.3 is 11.9 Å². The predicted octanol–water partition coefficient (Wildman–Crippen LogP) is 3.31. The summed E-state index contributed by atoms with van der Waals surface area (Å²) in [6.07, 6.45) is 2.13. The van der Waals surface area contributed by atoms with Crippen molar-refractivity contribution < 1.29 is 23.8 Å². The Hall–Kier alpha value is -1.10. The summed E-state index contributed by atoms with van der Waals surface area (Å²) in [4.78, 5) is 23.1. The summed E-state index contributed by atoms with van der Waals surface area (Å²) in [5.74, 6) is -0.151. The van der Waals surface area contributed by atoms with Gasteiger partial charge in [-0.1, -0.05) is 34.1 Å². The molecule has 1 aliphatic rings. The van der Waals surface area contributed by atoms with Gasteiger partial charge in [-0.15, -0.1) is 0 Å². The van der Waals surface area contributed by atoms with E-state index < -0.39 is 6.29 Å². The van der Waals surface area contributed by atoms with Crippen LogP contribution in [0.4, 0.5) is 0 Å². The average Bonchev–Trinajstić information content (AvgIpc) is 3.05. The van der Waals surface area contributed by atoms with Crippen LogP contribution in [0.25, 0.3) is 0 Å². The number of esters is 2. The zero-order valence-corrected chi connectivity index (χ0v) is 14.7. The third kappa shape index (κ3) is 5.27. The lowest BCUT2D eigenvalue weighted by Gasteiger charge is -2.29. The Bertz CT molecular complexity index is 404. The Balaban J connectivity index is 2.44. The predicted molar refractivity (Wildman–Crippen MR) is 83.0 cm³/mol. The van der Waals surface area contributed by atoms with E-state index in [-0.39, 0.29) is 36.0 Å². The summed E-state index contributed by atoms with van der Waals surface area (Å²) < 4.78 is 15.6. The van der Waals surface area contributed by atoms with Crippen LogP contribution < -0.4 is 0 Å². The average molecular weight is 314 g/mol. The van der Waals surface area contributed by atoms with E-state index >= 15 is 0 Å². The summed E-state index contributed by atoms with van der Waals surface area (Å²) in [5.41, 5.74) is -0.226. The monoisotopic (exact) mass is 314 g/mol. The molecule has 0 bridgehead atoms. The van der Waals surface area contributed by atoms with E-state index in [2.05, 4.69) is 27.7 Å². The molecule has 3 atom stereocenters. The molecule has 1 rings (SSSR count). The van der Waals surface area contributed by atoms with Gasteiger partial charge in [0, 0.05) is 6.92 Å². The molecule has 128 valence electrons. The van der Waals surface area contributed by atoms with Gasteiger partial charge in [-0.2, -0.15) is 0 Å². The van der Waals surface area contributed by atoms with Crippen LogP contribution in [-0.2, 0) is 23.8 Å². The maximum atomic E-state index is 12.5. The minimum Gasteiger partial charge on any atom is -0.463 e. The number of carbonyl (C=O) groups excluding carboxylic acids is 2. The van der Waals surface area contributed by atoms with E-state index in [0.29, 0.717) is 5.92 Å². The highest BCUT2D eigenvalue weighted by molar-refractivity contribution is 5.80. The summed E-state index contributed by atoms with van der Waals surface area (Å²) in [7, 11) is 0. The second-order valence-corrected chi connectivity index (χ2v) is 7.14. The fourth-order valence-corrected chi connectivity index (χ4v) is 2.77. The van der Waals surface area contributed by atoms with E-state index in [0.717, 1.165) is 19.3 Å². The van der Waals surface area contributed by atoms with Gasteiger partial charge in [0.15, 0.2) is 6.29 Å². The van der Waals surface area contributed by atoms with Gasteiger partial charge in [0.2, 0.25) is 0 Å². The van der Waals surface area contributed by atoms with Crippen LogP contribution in [0.1, 0.15) is 60.8 Å². The molecule has 0 aromatic rings. The second-order valence-electron chi connectivity index (χ2n) is 7.14. The smallest absolute Gasteiger partial charge is 0.314 e. The highest BCUT2D eigenvalue weighted by Crippen LogP contribution is 2.59. The van der Waals surface area contributed by atoms with Crippen molar-refractivity contribution in [1.29, 1.82) is 0 Å². The quantitative estimate of drug-likeness (QED) is 0.371. The molecule has 0 aliphatic heterocycles. The molecule has 0 aromatic carbocycles. The molecule has 22 heavy (non-hydrogen) atoms. The fourth-order valence-electron chi connectivity index (χ4n) is 2.77. The zero-order valence-electron chi connectivity index (χ0n) is 14.7. The van der Waals surface area contributed by atoms with Gasteiger partial charge in [-0.3, -0.25) is 9.59 Å². The molecule has 0 aromatic heterocycles. The standard InChI is InChI=1S/C17H30O5/c1-7-16(5,6)11-17(10-12(17)2)15(19)22-14(4)21-9-8-20-13(3)18/h12,14H,7-11H2,1-6H3. The number of hydrogen-bond acceptors (Lipinski definition) is 5. The van der Waals surface area contributed by atoms with Crippen molar-refractivity contribution in [2.75, 3.05) is 13.2 Å². The van der Waals surface area contributed by atoms with Crippen LogP contribution in [-0.4, -0.2) is 31.4 Å². The SMILES string of the molecule is CCC(C)(C)CC1(C(=O)OC(C)OCCOC(C)=O)CC1C. The largest absolute Gasteiger partial charge is 0.463 e. The fraction of sp³-hybridized carbons (Fsp3) is 0.882. The lowest BCUT2D eigenvalue weighted by Crippen LogP contribution is -2.31. The molecule has 0 spiro atoms. The van der Waals surface area contributed by atoms with Gasteiger partial charge in [0.1, 0.15) is 6.61 Å². The molecule has 0 saturated heterocycles. The Kier molecular flexibility index (Phi) is 6.41. The first-order chi connectivity index (χ1) is 10.1. The molecular weight excluding hydrogens is 284 g/mol. The Morgan fingerprint density at radius 2 is 1.91 bits per heavy atom. The molecule has 0 amide bonds. The molecule has 0 radical (unpaired) electrons. The van der Waals surface area contributed by atoms with Gasteiger partial charge in [0.05, 0.1) is 12.0 Å². The van der Waals surface area contributed by atoms with Gasteiger partial charge in [-0.05, 0) is 31.1 Å². The first-order valence-corrected chi connectivity index (χ1v) is 8.09. The third-order valence-electron chi connectivity index (χ3n) is 4.63. The van der Waals surface area contributed by atoms with Crippen LogP contribution in [0.2, 0.25) is 0 Å².